The van der Waals surface area contributed by atoms with Crippen molar-refractivity contribution in [2.24, 2.45) is 0 Å². The van der Waals surface area contributed by atoms with E-state index in [1.807, 2.05) is 42.5 Å². The van der Waals surface area contributed by atoms with Crippen molar-refractivity contribution in [2.75, 3.05) is 0 Å². The van der Waals surface area contributed by atoms with E-state index >= 15 is 0 Å². The number of hydrogen-bond donors (Lipinski definition) is 1. The van der Waals surface area contributed by atoms with Crippen molar-refractivity contribution >= 4 is 5.91 Å². The molecule has 3 rings (SSSR count). The molecule has 0 aliphatic rings. The number of nitrogens with one attached hydrogen (secondary N) is 1. The molecular formula is C24H29N3O2. The zero-order valence-electron chi connectivity index (χ0n) is 17.6. The topological polar surface area (TPSA) is 56.2 Å². The SMILES string of the molecule is CCC(NC(=O)c1ccn(COc2ccc(C(C)(C)C)cc2)n1)c1ccccc1. The number of aromatic nitrogens is 2. The number of benzene rings is 2. The Morgan fingerprint density at radius 3 is 2.38 bits per heavy atom. The summed E-state index contributed by atoms with van der Waals surface area (Å²) in [5, 5.41) is 7.39. The Hall–Kier alpha value is -3.08. The smallest absolute Gasteiger partial charge is 0.272 e. The molecule has 0 radical (unpaired) electrons. The van der Waals surface area contributed by atoms with Gasteiger partial charge in [-0.1, -0.05) is 70.2 Å². The van der Waals surface area contributed by atoms with Gasteiger partial charge < -0.3 is 10.1 Å². The average Bonchev–Trinajstić information content (AvgIpc) is 3.20. The molecule has 1 N–H and O–H groups in total. The third-order valence-corrected chi connectivity index (χ3v) is 4.87. The summed E-state index contributed by atoms with van der Waals surface area (Å²) in [5.74, 6) is 0.587. The molecule has 3 aromatic rings. The zero-order chi connectivity index (χ0) is 20.9. The van der Waals surface area contributed by atoms with E-state index in [0.717, 1.165) is 17.7 Å². The van der Waals surface area contributed by atoms with Gasteiger partial charge in [0.15, 0.2) is 6.73 Å². The molecular weight excluding hydrogens is 362 g/mol. The lowest BCUT2D eigenvalue weighted by Crippen LogP contribution is -2.28. The van der Waals surface area contributed by atoms with E-state index in [1.165, 1.54) is 5.56 Å². The molecule has 0 spiro atoms. The number of hydrogen-bond acceptors (Lipinski definition) is 3. The highest BCUT2D eigenvalue weighted by Gasteiger charge is 2.16. The summed E-state index contributed by atoms with van der Waals surface area (Å²) in [6.07, 6.45) is 2.56. The van der Waals surface area contributed by atoms with Crippen LogP contribution < -0.4 is 10.1 Å². The largest absolute Gasteiger partial charge is 0.471 e. The van der Waals surface area contributed by atoms with Gasteiger partial charge in [0.1, 0.15) is 11.4 Å². The third-order valence-electron chi connectivity index (χ3n) is 4.87. The van der Waals surface area contributed by atoms with Crippen LogP contribution in [-0.4, -0.2) is 15.7 Å². The molecule has 29 heavy (non-hydrogen) atoms. The van der Waals surface area contributed by atoms with Gasteiger partial charge in [0.05, 0.1) is 6.04 Å². The summed E-state index contributed by atoms with van der Waals surface area (Å²) < 4.78 is 7.41. The predicted molar refractivity (Wildman–Crippen MR) is 115 cm³/mol. The molecule has 2 aromatic carbocycles. The lowest BCUT2D eigenvalue weighted by molar-refractivity contribution is 0.0928. The van der Waals surface area contributed by atoms with Crippen molar-refractivity contribution in [3.05, 3.63) is 83.7 Å². The van der Waals surface area contributed by atoms with Gasteiger partial charge in [-0.3, -0.25) is 4.79 Å². The number of rotatable bonds is 7. The predicted octanol–water partition coefficient (Wildman–Crippen LogP) is 5.10. The molecule has 0 saturated carbocycles. The molecule has 5 nitrogen and oxygen atoms in total. The van der Waals surface area contributed by atoms with Crippen LogP contribution in [0.5, 0.6) is 5.75 Å². The van der Waals surface area contributed by atoms with E-state index in [-0.39, 0.29) is 24.1 Å². The van der Waals surface area contributed by atoms with E-state index in [1.54, 1.807) is 16.9 Å². The molecule has 1 amide bonds. The van der Waals surface area contributed by atoms with Gasteiger partial charge in [-0.25, -0.2) is 4.68 Å². The zero-order valence-corrected chi connectivity index (χ0v) is 17.6. The minimum atomic E-state index is -0.186. The minimum absolute atomic E-state index is 0.0357. The first-order valence-electron chi connectivity index (χ1n) is 9.99. The molecule has 1 heterocycles. The second kappa shape index (κ2) is 8.95. The second-order valence-electron chi connectivity index (χ2n) is 8.13. The maximum Gasteiger partial charge on any atom is 0.272 e. The summed E-state index contributed by atoms with van der Waals surface area (Å²) in [7, 11) is 0. The van der Waals surface area contributed by atoms with Crippen molar-refractivity contribution in [1.82, 2.24) is 15.1 Å². The Kier molecular flexibility index (Phi) is 6.37. The van der Waals surface area contributed by atoms with Gasteiger partial charge in [0.2, 0.25) is 0 Å². The highest BCUT2D eigenvalue weighted by Crippen LogP contribution is 2.24. The number of amides is 1. The molecule has 0 aliphatic carbocycles. The summed E-state index contributed by atoms with van der Waals surface area (Å²) in [6.45, 7) is 8.84. The van der Waals surface area contributed by atoms with Crippen LogP contribution >= 0.6 is 0 Å². The Morgan fingerprint density at radius 2 is 1.76 bits per heavy atom. The van der Waals surface area contributed by atoms with E-state index in [2.05, 4.69) is 50.2 Å². The summed E-state index contributed by atoms with van der Waals surface area (Å²) in [6, 6.07) is 19.7. The van der Waals surface area contributed by atoms with Crippen molar-refractivity contribution in [2.45, 2.75) is 52.3 Å². The van der Waals surface area contributed by atoms with Gasteiger partial charge in [-0.05, 0) is 41.2 Å². The van der Waals surface area contributed by atoms with E-state index in [4.69, 9.17) is 4.74 Å². The maximum absolute atomic E-state index is 12.6. The second-order valence-corrected chi connectivity index (χ2v) is 8.13. The maximum atomic E-state index is 12.6. The Labute approximate surface area is 172 Å². The number of ether oxygens (including phenoxy) is 1. The Bertz CT molecular complexity index is 925. The molecule has 0 fully saturated rings. The van der Waals surface area contributed by atoms with Gasteiger partial charge in [0.25, 0.3) is 5.91 Å². The molecule has 152 valence electrons. The fraction of sp³-hybridized carbons (Fsp3) is 0.333. The average molecular weight is 392 g/mol. The van der Waals surface area contributed by atoms with Crippen LogP contribution in [0.25, 0.3) is 0 Å². The van der Waals surface area contributed by atoms with Gasteiger partial charge >= 0.3 is 0 Å². The lowest BCUT2D eigenvalue weighted by Gasteiger charge is -2.19. The molecule has 1 aromatic heterocycles. The van der Waals surface area contributed by atoms with Crippen LogP contribution in [-0.2, 0) is 12.1 Å². The van der Waals surface area contributed by atoms with E-state index in [9.17, 15) is 4.79 Å². The highest BCUT2D eigenvalue weighted by atomic mass is 16.5. The van der Waals surface area contributed by atoms with Crippen molar-refractivity contribution in [1.29, 1.82) is 0 Å². The molecule has 5 heteroatoms. The summed E-state index contributed by atoms with van der Waals surface area (Å²) in [4.78, 5) is 12.6. The fourth-order valence-electron chi connectivity index (χ4n) is 3.09. The van der Waals surface area contributed by atoms with Crippen LogP contribution in [0.15, 0.2) is 66.9 Å². The van der Waals surface area contributed by atoms with E-state index in [0.29, 0.717) is 5.69 Å². The van der Waals surface area contributed by atoms with Crippen molar-refractivity contribution < 1.29 is 9.53 Å². The summed E-state index contributed by atoms with van der Waals surface area (Å²) in [5.41, 5.74) is 2.83. The van der Waals surface area contributed by atoms with Gasteiger partial charge in [0, 0.05) is 6.20 Å². The first-order valence-corrected chi connectivity index (χ1v) is 9.99. The van der Waals surface area contributed by atoms with Crippen LogP contribution in [0.1, 0.15) is 61.8 Å². The molecule has 1 unspecified atom stereocenters. The monoisotopic (exact) mass is 391 g/mol. The van der Waals surface area contributed by atoms with Crippen molar-refractivity contribution in [3.8, 4) is 5.75 Å². The lowest BCUT2D eigenvalue weighted by atomic mass is 9.87. The molecule has 0 saturated heterocycles. The highest BCUT2D eigenvalue weighted by molar-refractivity contribution is 5.92. The Balaban J connectivity index is 1.58. The minimum Gasteiger partial charge on any atom is -0.471 e. The standard InChI is InChI=1S/C24H29N3O2/c1-5-21(18-9-7-6-8-10-18)25-23(28)22-15-16-27(26-22)17-29-20-13-11-19(12-14-20)24(2,3)4/h6-16,21H,5,17H2,1-4H3,(H,25,28). The Morgan fingerprint density at radius 1 is 1.07 bits per heavy atom. The van der Waals surface area contributed by atoms with Crippen LogP contribution in [0.4, 0.5) is 0 Å². The fourth-order valence-corrected chi connectivity index (χ4v) is 3.09. The normalized spacial score (nSPS) is 12.4. The number of carbonyl (C=O) groups excluding carboxylic acids is 1. The van der Waals surface area contributed by atoms with E-state index < -0.39 is 0 Å². The van der Waals surface area contributed by atoms with Gasteiger partial charge in [-0.2, -0.15) is 5.10 Å². The molecule has 0 aliphatic heterocycles. The summed E-state index contributed by atoms with van der Waals surface area (Å²) >= 11 is 0. The van der Waals surface area contributed by atoms with Crippen LogP contribution in [0.3, 0.4) is 0 Å². The number of carbonyl (C=O) groups is 1. The van der Waals surface area contributed by atoms with Crippen LogP contribution in [0.2, 0.25) is 0 Å². The van der Waals surface area contributed by atoms with Gasteiger partial charge in [-0.15, -0.1) is 0 Å². The van der Waals surface area contributed by atoms with Crippen LogP contribution in [0, 0.1) is 0 Å². The number of nitrogens with zero attached hydrogens (tertiary/aromatic N) is 2. The first kappa shape index (κ1) is 20.6. The third kappa shape index (κ3) is 5.47. The first-order chi connectivity index (χ1) is 13.9. The molecule has 0 bridgehead atoms. The molecule has 1 atom stereocenters. The quantitative estimate of drug-likeness (QED) is 0.610. The van der Waals surface area contributed by atoms with Crippen molar-refractivity contribution in [3.63, 3.8) is 0 Å².